The van der Waals surface area contributed by atoms with E-state index >= 15 is 0 Å². The summed E-state index contributed by atoms with van der Waals surface area (Å²) in [6.07, 6.45) is 0.142. The van der Waals surface area contributed by atoms with Gasteiger partial charge in [0.15, 0.2) is 0 Å². The summed E-state index contributed by atoms with van der Waals surface area (Å²) in [5.41, 5.74) is 2.47. The minimum Gasteiger partial charge on any atom is -0.356 e. The molecule has 1 saturated heterocycles. The first-order valence-corrected chi connectivity index (χ1v) is 9.33. The quantitative estimate of drug-likeness (QED) is 0.679. The molecule has 1 fully saturated rings. The Morgan fingerprint density at radius 2 is 1.83 bits per heavy atom. The van der Waals surface area contributed by atoms with E-state index < -0.39 is 10.0 Å². The van der Waals surface area contributed by atoms with Crippen LogP contribution in [0.1, 0.15) is 23.1 Å². The van der Waals surface area contributed by atoms with E-state index in [2.05, 4.69) is 15.4 Å². The van der Waals surface area contributed by atoms with Crippen molar-refractivity contribution < 1.29 is 13.2 Å². The van der Waals surface area contributed by atoms with Crippen LogP contribution in [0.15, 0.2) is 17.0 Å². The number of carbonyl (C=O) groups excluding carboxylic acids is 1. The molecule has 0 bridgehead atoms. The average Bonchev–Trinajstić information content (AvgIpc) is 2.34. The van der Waals surface area contributed by atoms with E-state index in [1.54, 1.807) is 13.8 Å². The minimum absolute atomic E-state index is 0.101. The van der Waals surface area contributed by atoms with Crippen LogP contribution in [0, 0.1) is 26.7 Å². The smallest absolute Gasteiger partial charge is 0.241 e. The van der Waals surface area contributed by atoms with E-state index in [-0.39, 0.29) is 18.9 Å². The van der Waals surface area contributed by atoms with E-state index in [0.29, 0.717) is 17.4 Å². The Kier molecular flexibility index (Phi) is 5.78. The van der Waals surface area contributed by atoms with Crippen molar-refractivity contribution in [3.63, 3.8) is 0 Å². The molecule has 1 aromatic rings. The number of sulfonamides is 1. The number of hydrogen-bond donors (Lipinski definition) is 3. The van der Waals surface area contributed by atoms with Gasteiger partial charge in [-0.3, -0.25) is 4.79 Å². The van der Waals surface area contributed by atoms with Crippen LogP contribution in [-0.4, -0.2) is 40.5 Å². The standard InChI is InChI=1S/C16H25N3O3S/c1-11-6-12(2)16(13(3)7-11)23(21,22)19-5-4-15(20)18-10-14-8-17-9-14/h6-7,14,17,19H,4-5,8-10H2,1-3H3,(H,18,20). The SMILES string of the molecule is Cc1cc(C)c(S(=O)(=O)NCCC(=O)NCC2CNC2)c(C)c1. The summed E-state index contributed by atoms with van der Waals surface area (Å²) >= 11 is 0. The van der Waals surface area contributed by atoms with Crippen LogP contribution in [0.2, 0.25) is 0 Å². The Hall–Kier alpha value is -1.44. The molecule has 0 aliphatic carbocycles. The predicted molar refractivity (Wildman–Crippen MR) is 89.8 cm³/mol. The Bertz CT molecular complexity index is 659. The van der Waals surface area contributed by atoms with Crippen LogP contribution in [0.25, 0.3) is 0 Å². The highest BCUT2D eigenvalue weighted by molar-refractivity contribution is 7.89. The molecule has 1 heterocycles. The van der Waals surface area contributed by atoms with Crippen LogP contribution in [0.5, 0.6) is 0 Å². The van der Waals surface area contributed by atoms with Gasteiger partial charge in [0.2, 0.25) is 15.9 Å². The molecule has 1 amide bonds. The van der Waals surface area contributed by atoms with Gasteiger partial charge in [0.05, 0.1) is 4.90 Å². The monoisotopic (exact) mass is 339 g/mol. The molecule has 7 heteroatoms. The second-order valence-electron chi connectivity index (χ2n) is 6.20. The molecule has 128 valence electrons. The van der Waals surface area contributed by atoms with Gasteiger partial charge in [-0.05, 0) is 31.9 Å². The summed E-state index contributed by atoms with van der Waals surface area (Å²) in [6.45, 7) is 8.12. The van der Waals surface area contributed by atoms with Crippen LogP contribution < -0.4 is 15.4 Å². The van der Waals surface area contributed by atoms with E-state index in [4.69, 9.17) is 0 Å². The Labute approximate surface area is 138 Å². The molecule has 0 aromatic heterocycles. The van der Waals surface area contributed by atoms with E-state index in [1.165, 1.54) is 0 Å². The summed E-state index contributed by atoms with van der Waals surface area (Å²) in [5, 5.41) is 5.96. The van der Waals surface area contributed by atoms with Crippen LogP contribution in [0.4, 0.5) is 0 Å². The lowest BCUT2D eigenvalue weighted by molar-refractivity contribution is -0.121. The van der Waals surface area contributed by atoms with Gasteiger partial charge in [-0.2, -0.15) is 0 Å². The topological polar surface area (TPSA) is 87.3 Å². The van der Waals surface area contributed by atoms with Gasteiger partial charge >= 0.3 is 0 Å². The molecule has 3 N–H and O–H groups in total. The lowest BCUT2D eigenvalue weighted by atomic mass is 10.0. The Morgan fingerprint density at radius 3 is 2.35 bits per heavy atom. The summed E-state index contributed by atoms with van der Waals surface area (Å²) < 4.78 is 27.4. The maximum absolute atomic E-state index is 12.4. The average molecular weight is 339 g/mol. The third-order valence-corrected chi connectivity index (χ3v) is 5.74. The highest BCUT2D eigenvalue weighted by Gasteiger charge is 2.20. The van der Waals surface area contributed by atoms with Crippen molar-refractivity contribution in [3.05, 3.63) is 28.8 Å². The van der Waals surface area contributed by atoms with Gasteiger partial charge in [0.25, 0.3) is 0 Å². The van der Waals surface area contributed by atoms with Gasteiger partial charge in [0, 0.05) is 38.5 Å². The van der Waals surface area contributed by atoms with Crippen molar-refractivity contribution in [2.45, 2.75) is 32.1 Å². The molecule has 2 rings (SSSR count). The summed E-state index contributed by atoms with van der Waals surface area (Å²) in [6, 6.07) is 3.70. The zero-order valence-corrected chi connectivity index (χ0v) is 14.7. The predicted octanol–water partition coefficient (Wildman–Crippen LogP) is 0.616. The van der Waals surface area contributed by atoms with Crippen LogP contribution >= 0.6 is 0 Å². The molecular weight excluding hydrogens is 314 g/mol. The number of amides is 1. The fourth-order valence-electron chi connectivity index (χ4n) is 2.80. The van der Waals surface area contributed by atoms with E-state index in [9.17, 15) is 13.2 Å². The third-order valence-electron chi connectivity index (χ3n) is 3.97. The van der Waals surface area contributed by atoms with Crippen molar-refractivity contribution in [2.75, 3.05) is 26.2 Å². The second-order valence-corrected chi connectivity index (χ2v) is 7.91. The molecule has 1 aliphatic rings. The summed E-state index contributed by atoms with van der Waals surface area (Å²) in [4.78, 5) is 12.0. The van der Waals surface area contributed by atoms with Crippen molar-refractivity contribution in [3.8, 4) is 0 Å². The van der Waals surface area contributed by atoms with Crippen molar-refractivity contribution in [1.82, 2.24) is 15.4 Å². The zero-order valence-electron chi connectivity index (χ0n) is 13.9. The first-order chi connectivity index (χ1) is 10.8. The van der Waals surface area contributed by atoms with Crippen LogP contribution in [-0.2, 0) is 14.8 Å². The highest BCUT2D eigenvalue weighted by Crippen LogP contribution is 2.21. The van der Waals surface area contributed by atoms with Gasteiger partial charge in [-0.1, -0.05) is 17.7 Å². The van der Waals surface area contributed by atoms with E-state index in [0.717, 1.165) is 29.8 Å². The molecule has 0 unspecified atom stereocenters. The molecule has 1 aliphatic heterocycles. The van der Waals surface area contributed by atoms with Gasteiger partial charge < -0.3 is 10.6 Å². The minimum atomic E-state index is -3.60. The largest absolute Gasteiger partial charge is 0.356 e. The van der Waals surface area contributed by atoms with Gasteiger partial charge in [-0.25, -0.2) is 13.1 Å². The molecule has 0 spiro atoms. The lowest BCUT2D eigenvalue weighted by Crippen LogP contribution is -2.48. The third kappa shape index (κ3) is 4.76. The van der Waals surface area contributed by atoms with Crippen molar-refractivity contribution in [1.29, 1.82) is 0 Å². The Morgan fingerprint density at radius 1 is 1.22 bits per heavy atom. The number of hydrogen-bond acceptors (Lipinski definition) is 4. The van der Waals surface area contributed by atoms with Crippen molar-refractivity contribution >= 4 is 15.9 Å². The lowest BCUT2D eigenvalue weighted by Gasteiger charge is -2.27. The second kappa shape index (κ2) is 7.42. The first kappa shape index (κ1) is 17.9. The van der Waals surface area contributed by atoms with Crippen molar-refractivity contribution in [2.24, 2.45) is 5.92 Å². The molecule has 0 radical (unpaired) electrons. The fraction of sp³-hybridized carbons (Fsp3) is 0.562. The number of benzene rings is 1. The number of aryl methyl sites for hydroxylation is 3. The van der Waals surface area contributed by atoms with Crippen LogP contribution in [0.3, 0.4) is 0 Å². The first-order valence-electron chi connectivity index (χ1n) is 7.84. The Balaban J connectivity index is 1.87. The molecule has 6 nitrogen and oxygen atoms in total. The summed E-state index contributed by atoms with van der Waals surface area (Å²) in [7, 11) is -3.60. The number of rotatable bonds is 7. The summed E-state index contributed by atoms with van der Waals surface area (Å²) in [5.74, 6) is 0.366. The number of carbonyl (C=O) groups is 1. The molecule has 0 atom stereocenters. The van der Waals surface area contributed by atoms with Gasteiger partial charge in [-0.15, -0.1) is 0 Å². The molecule has 1 aromatic carbocycles. The van der Waals surface area contributed by atoms with Gasteiger partial charge in [0.1, 0.15) is 0 Å². The molecule has 23 heavy (non-hydrogen) atoms. The number of nitrogens with one attached hydrogen (secondary N) is 3. The molecule has 0 saturated carbocycles. The normalized spacial score (nSPS) is 15.3. The maximum atomic E-state index is 12.4. The maximum Gasteiger partial charge on any atom is 0.241 e. The fourth-order valence-corrected chi connectivity index (χ4v) is 4.28. The highest BCUT2D eigenvalue weighted by atomic mass is 32.2. The van der Waals surface area contributed by atoms with E-state index in [1.807, 2.05) is 19.1 Å². The molecular formula is C16H25N3O3S. The zero-order chi connectivity index (χ0) is 17.0.